The van der Waals surface area contributed by atoms with E-state index in [-0.39, 0.29) is 10.7 Å². The Morgan fingerprint density at radius 1 is 1.03 bits per heavy atom. The quantitative estimate of drug-likeness (QED) is 0.409. The Balaban J connectivity index is 1.87. The molecule has 0 aromatic heterocycles. The van der Waals surface area contributed by atoms with E-state index in [1.54, 1.807) is 19.3 Å². The molecule has 1 heterocycles. The fourth-order valence-electron chi connectivity index (χ4n) is 3.41. The number of ether oxygens (including phenoxy) is 1. The molecule has 3 aromatic carbocycles. The molecule has 1 N–H and O–H groups in total. The first-order valence-corrected chi connectivity index (χ1v) is 9.44. The van der Waals surface area contributed by atoms with Gasteiger partial charge in [0.1, 0.15) is 11.3 Å². The van der Waals surface area contributed by atoms with Gasteiger partial charge in [0, 0.05) is 5.56 Å². The van der Waals surface area contributed by atoms with Crippen molar-refractivity contribution in [3.05, 3.63) is 77.4 Å². The van der Waals surface area contributed by atoms with Crippen LogP contribution in [0.15, 0.2) is 66.2 Å². The number of carbonyl (C=O) groups excluding carboxylic acids is 2. The molecule has 0 bridgehead atoms. The standard InChI is InChI=1S/C23H18N2O3S/c1-14-6-5-8-16(12-14)25-22(27)19(21(26)24-23(25)29)13-18-17-9-4-3-7-15(17)10-11-20(18)28-2/h3-13H,1-2H3,(H,24,26,29)/b19-13-. The number of hydrogen-bond donors (Lipinski definition) is 1. The summed E-state index contributed by atoms with van der Waals surface area (Å²) in [6, 6.07) is 18.9. The summed E-state index contributed by atoms with van der Waals surface area (Å²) in [5.41, 5.74) is 2.25. The van der Waals surface area contributed by atoms with Crippen LogP contribution >= 0.6 is 12.2 Å². The van der Waals surface area contributed by atoms with Crippen molar-refractivity contribution in [2.45, 2.75) is 6.92 Å². The van der Waals surface area contributed by atoms with Crippen molar-refractivity contribution >= 4 is 51.7 Å². The highest BCUT2D eigenvalue weighted by atomic mass is 32.1. The van der Waals surface area contributed by atoms with Gasteiger partial charge in [0.25, 0.3) is 11.8 Å². The van der Waals surface area contributed by atoms with Gasteiger partial charge in [-0.3, -0.25) is 19.8 Å². The Bertz CT molecular complexity index is 1200. The third-order valence-corrected chi connectivity index (χ3v) is 5.09. The van der Waals surface area contributed by atoms with Crippen LogP contribution in [0.25, 0.3) is 16.8 Å². The lowest BCUT2D eigenvalue weighted by molar-refractivity contribution is -0.122. The van der Waals surface area contributed by atoms with E-state index in [1.807, 2.05) is 61.5 Å². The molecular formula is C23H18N2O3S. The number of anilines is 1. The molecule has 144 valence electrons. The van der Waals surface area contributed by atoms with Crippen molar-refractivity contribution < 1.29 is 14.3 Å². The maximum absolute atomic E-state index is 13.3. The maximum atomic E-state index is 13.3. The average Bonchev–Trinajstić information content (AvgIpc) is 2.71. The van der Waals surface area contributed by atoms with Crippen LogP contribution in [0.2, 0.25) is 0 Å². The third-order valence-electron chi connectivity index (χ3n) is 4.80. The molecular weight excluding hydrogens is 384 g/mol. The van der Waals surface area contributed by atoms with Gasteiger partial charge < -0.3 is 4.74 Å². The van der Waals surface area contributed by atoms with Crippen LogP contribution in [0.3, 0.4) is 0 Å². The van der Waals surface area contributed by atoms with Crippen LogP contribution in [0, 0.1) is 6.92 Å². The second-order valence-electron chi connectivity index (χ2n) is 6.70. The van der Waals surface area contributed by atoms with Crippen LogP contribution < -0.4 is 15.0 Å². The van der Waals surface area contributed by atoms with E-state index in [1.165, 1.54) is 4.90 Å². The number of thiocarbonyl (C=S) groups is 1. The molecule has 0 radical (unpaired) electrons. The number of hydrogen-bond acceptors (Lipinski definition) is 4. The predicted molar refractivity (Wildman–Crippen MR) is 118 cm³/mol. The lowest BCUT2D eigenvalue weighted by Gasteiger charge is -2.29. The fraction of sp³-hybridized carbons (Fsp3) is 0.0870. The van der Waals surface area contributed by atoms with Gasteiger partial charge in [0.15, 0.2) is 5.11 Å². The second-order valence-corrected chi connectivity index (χ2v) is 7.09. The molecule has 29 heavy (non-hydrogen) atoms. The number of benzene rings is 3. The maximum Gasteiger partial charge on any atom is 0.270 e. The molecule has 0 atom stereocenters. The first-order chi connectivity index (χ1) is 14.0. The molecule has 0 aliphatic carbocycles. The minimum absolute atomic E-state index is 0.00485. The van der Waals surface area contributed by atoms with Crippen molar-refractivity contribution in [3.8, 4) is 5.75 Å². The summed E-state index contributed by atoms with van der Waals surface area (Å²) in [5.74, 6) is -0.426. The highest BCUT2D eigenvalue weighted by molar-refractivity contribution is 7.80. The van der Waals surface area contributed by atoms with Crippen LogP contribution in [-0.4, -0.2) is 24.0 Å². The molecule has 2 amide bonds. The van der Waals surface area contributed by atoms with E-state index in [0.717, 1.165) is 16.3 Å². The van der Waals surface area contributed by atoms with Gasteiger partial charge >= 0.3 is 0 Å². The van der Waals surface area contributed by atoms with E-state index in [4.69, 9.17) is 17.0 Å². The lowest BCUT2D eigenvalue weighted by Crippen LogP contribution is -2.54. The van der Waals surface area contributed by atoms with Gasteiger partial charge in [0.05, 0.1) is 12.8 Å². The van der Waals surface area contributed by atoms with Crippen molar-refractivity contribution in [2.75, 3.05) is 12.0 Å². The Hall–Kier alpha value is -3.51. The number of fused-ring (bicyclic) bond motifs is 1. The van der Waals surface area contributed by atoms with E-state index < -0.39 is 11.8 Å². The summed E-state index contributed by atoms with van der Waals surface area (Å²) in [6.45, 7) is 1.93. The molecule has 0 spiro atoms. The Kier molecular flexibility index (Phi) is 4.86. The van der Waals surface area contributed by atoms with Crippen molar-refractivity contribution in [1.29, 1.82) is 0 Å². The Morgan fingerprint density at radius 3 is 2.59 bits per heavy atom. The Morgan fingerprint density at radius 2 is 1.83 bits per heavy atom. The number of carbonyl (C=O) groups is 2. The summed E-state index contributed by atoms with van der Waals surface area (Å²) >= 11 is 5.27. The summed E-state index contributed by atoms with van der Waals surface area (Å²) < 4.78 is 5.49. The van der Waals surface area contributed by atoms with Crippen molar-refractivity contribution in [2.24, 2.45) is 0 Å². The number of aryl methyl sites for hydroxylation is 1. The molecule has 1 aliphatic heterocycles. The largest absolute Gasteiger partial charge is 0.496 e. The minimum Gasteiger partial charge on any atom is -0.496 e. The first-order valence-electron chi connectivity index (χ1n) is 9.03. The second kappa shape index (κ2) is 7.48. The van der Waals surface area contributed by atoms with Crippen LogP contribution in [0.1, 0.15) is 11.1 Å². The monoisotopic (exact) mass is 402 g/mol. The van der Waals surface area contributed by atoms with Crippen LogP contribution in [0.4, 0.5) is 5.69 Å². The summed E-state index contributed by atoms with van der Waals surface area (Å²) in [7, 11) is 1.56. The number of nitrogens with zero attached hydrogens (tertiary/aromatic N) is 1. The molecule has 5 nitrogen and oxygen atoms in total. The lowest BCUT2D eigenvalue weighted by atomic mass is 9.99. The minimum atomic E-state index is -0.529. The van der Waals surface area contributed by atoms with Crippen LogP contribution in [-0.2, 0) is 9.59 Å². The van der Waals surface area contributed by atoms with Gasteiger partial charge in [-0.2, -0.15) is 0 Å². The van der Waals surface area contributed by atoms with Crippen molar-refractivity contribution in [1.82, 2.24) is 5.32 Å². The highest BCUT2D eigenvalue weighted by Gasteiger charge is 2.34. The van der Waals surface area contributed by atoms with Gasteiger partial charge in [-0.15, -0.1) is 0 Å². The number of nitrogens with one attached hydrogen (secondary N) is 1. The SMILES string of the molecule is COc1ccc2ccccc2c1/C=C1/C(=O)NC(=S)N(c2cccc(C)c2)C1=O. The van der Waals surface area contributed by atoms with E-state index in [0.29, 0.717) is 17.0 Å². The van der Waals surface area contributed by atoms with Crippen molar-refractivity contribution in [3.63, 3.8) is 0 Å². The number of rotatable bonds is 3. The van der Waals surface area contributed by atoms with Gasteiger partial charge in [-0.25, -0.2) is 0 Å². The summed E-state index contributed by atoms with van der Waals surface area (Å²) in [4.78, 5) is 27.3. The van der Waals surface area contributed by atoms with E-state index in [2.05, 4.69) is 5.32 Å². The topological polar surface area (TPSA) is 58.6 Å². The Labute approximate surface area is 173 Å². The first kappa shape index (κ1) is 18.8. The van der Waals surface area contributed by atoms with Gasteiger partial charge in [-0.1, -0.05) is 42.5 Å². The molecule has 1 fully saturated rings. The molecule has 1 aliphatic rings. The molecule has 0 unspecified atom stereocenters. The average molecular weight is 402 g/mol. The molecule has 4 rings (SSSR count). The zero-order valence-corrected chi connectivity index (χ0v) is 16.7. The fourth-order valence-corrected chi connectivity index (χ4v) is 3.69. The zero-order chi connectivity index (χ0) is 20.5. The molecule has 1 saturated heterocycles. The number of amides is 2. The van der Waals surface area contributed by atoms with E-state index >= 15 is 0 Å². The number of methoxy groups -OCH3 is 1. The zero-order valence-electron chi connectivity index (χ0n) is 15.9. The third kappa shape index (κ3) is 3.39. The van der Waals surface area contributed by atoms with Gasteiger partial charge in [0.2, 0.25) is 0 Å². The van der Waals surface area contributed by atoms with E-state index in [9.17, 15) is 9.59 Å². The molecule has 3 aromatic rings. The normalized spacial score (nSPS) is 15.7. The smallest absolute Gasteiger partial charge is 0.270 e. The predicted octanol–water partition coefficient (Wildman–Crippen LogP) is 3.99. The highest BCUT2D eigenvalue weighted by Crippen LogP contribution is 2.31. The molecule has 6 heteroatoms. The summed E-state index contributed by atoms with van der Waals surface area (Å²) in [5, 5.41) is 4.55. The van der Waals surface area contributed by atoms with Gasteiger partial charge in [-0.05, 0) is 59.8 Å². The molecule has 0 saturated carbocycles. The summed E-state index contributed by atoms with van der Waals surface area (Å²) in [6.07, 6.45) is 1.57. The van der Waals surface area contributed by atoms with Crippen LogP contribution in [0.5, 0.6) is 5.75 Å².